The zero-order valence-corrected chi connectivity index (χ0v) is 9.78. The molecule has 0 aliphatic carbocycles. The van der Waals surface area contributed by atoms with Crippen LogP contribution in [0.5, 0.6) is 0 Å². The molecule has 0 N–H and O–H groups in total. The van der Waals surface area contributed by atoms with Crippen LogP contribution in [0.3, 0.4) is 0 Å². The first-order valence-electron chi connectivity index (χ1n) is 5.39. The molecule has 0 aromatic rings. The largest absolute Gasteiger partial charge is 0.346 e. The lowest BCUT2D eigenvalue weighted by molar-refractivity contribution is -0.0445. The van der Waals surface area contributed by atoms with Crippen LogP contribution in [0.15, 0.2) is 4.99 Å². The van der Waals surface area contributed by atoms with E-state index in [1.54, 1.807) is 6.08 Å². The number of isocyanates is 1. The number of aliphatic imine (C=N–C) groups is 1. The third-order valence-electron chi connectivity index (χ3n) is 1.92. The third-order valence-corrected chi connectivity index (χ3v) is 1.92. The molecular weight excluding hydrogens is 194 g/mol. The Balaban J connectivity index is 3.71. The Bertz CT molecular complexity index is 184. The van der Waals surface area contributed by atoms with E-state index in [-0.39, 0.29) is 0 Å². The minimum atomic E-state index is 0.349. The van der Waals surface area contributed by atoms with Crippen molar-refractivity contribution in [3.63, 3.8) is 0 Å². The maximum Gasteiger partial charge on any atom is 0.234 e. The van der Waals surface area contributed by atoms with Gasteiger partial charge in [-0.1, -0.05) is 6.92 Å². The SMILES string of the molecule is CCO[C](CCC(C)CN=C=O)OCC. The van der Waals surface area contributed by atoms with Crippen molar-refractivity contribution in [3.8, 4) is 0 Å². The van der Waals surface area contributed by atoms with E-state index < -0.39 is 0 Å². The molecule has 0 amide bonds. The van der Waals surface area contributed by atoms with E-state index in [0.29, 0.717) is 32.0 Å². The number of hydrogen-bond acceptors (Lipinski definition) is 4. The highest BCUT2D eigenvalue weighted by Crippen LogP contribution is 2.17. The molecule has 1 atom stereocenters. The molecule has 0 saturated heterocycles. The van der Waals surface area contributed by atoms with E-state index in [1.165, 1.54) is 0 Å². The van der Waals surface area contributed by atoms with Crippen LogP contribution < -0.4 is 0 Å². The van der Waals surface area contributed by atoms with Gasteiger partial charge in [-0.15, -0.1) is 0 Å². The highest BCUT2D eigenvalue weighted by Gasteiger charge is 2.12. The lowest BCUT2D eigenvalue weighted by Gasteiger charge is -2.16. The summed E-state index contributed by atoms with van der Waals surface area (Å²) in [6, 6.07) is 0. The Kier molecular flexibility index (Phi) is 9.38. The van der Waals surface area contributed by atoms with E-state index >= 15 is 0 Å². The fourth-order valence-electron chi connectivity index (χ4n) is 1.16. The van der Waals surface area contributed by atoms with E-state index in [4.69, 9.17) is 9.47 Å². The van der Waals surface area contributed by atoms with Crippen LogP contribution in [0.4, 0.5) is 0 Å². The Morgan fingerprint density at radius 3 is 2.40 bits per heavy atom. The Morgan fingerprint density at radius 2 is 1.93 bits per heavy atom. The Morgan fingerprint density at radius 1 is 1.33 bits per heavy atom. The van der Waals surface area contributed by atoms with Crippen LogP contribution in [0.25, 0.3) is 0 Å². The summed E-state index contributed by atoms with van der Waals surface area (Å²) in [5.74, 6) is 0.349. The second-order valence-corrected chi connectivity index (χ2v) is 3.31. The normalized spacial score (nSPS) is 12.5. The van der Waals surface area contributed by atoms with Crippen molar-refractivity contribution in [3.05, 3.63) is 6.29 Å². The second kappa shape index (κ2) is 9.84. The molecule has 4 nitrogen and oxygen atoms in total. The van der Waals surface area contributed by atoms with E-state index in [1.807, 2.05) is 20.8 Å². The minimum absolute atomic E-state index is 0.349. The molecule has 1 radical (unpaired) electrons. The molecule has 0 aromatic carbocycles. The minimum Gasteiger partial charge on any atom is -0.346 e. The molecule has 0 saturated carbocycles. The number of hydrogen-bond donors (Lipinski definition) is 0. The first kappa shape index (κ1) is 14.3. The highest BCUT2D eigenvalue weighted by molar-refractivity contribution is 5.32. The summed E-state index contributed by atoms with van der Waals surface area (Å²) in [7, 11) is 0. The lowest BCUT2D eigenvalue weighted by atomic mass is 10.1. The molecular formula is C11H20NO3. The molecule has 15 heavy (non-hydrogen) atoms. The number of rotatable bonds is 9. The van der Waals surface area contributed by atoms with Gasteiger partial charge in [-0.2, -0.15) is 0 Å². The van der Waals surface area contributed by atoms with Gasteiger partial charge in [-0.05, 0) is 26.2 Å². The van der Waals surface area contributed by atoms with Gasteiger partial charge >= 0.3 is 0 Å². The molecule has 0 aliphatic rings. The fourth-order valence-corrected chi connectivity index (χ4v) is 1.16. The van der Waals surface area contributed by atoms with Gasteiger partial charge in [0, 0.05) is 19.6 Å². The quantitative estimate of drug-likeness (QED) is 0.437. The van der Waals surface area contributed by atoms with E-state index in [2.05, 4.69) is 4.99 Å². The summed E-state index contributed by atoms with van der Waals surface area (Å²) in [5, 5.41) is 0. The molecule has 0 aromatic heterocycles. The molecule has 0 fully saturated rings. The van der Waals surface area contributed by atoms with Crippen molar-refractivity contribution in [1.29, 1.82) is 0 Å². The van der Waals surface area contributed by atoms with Crippen molar-refractivity contribution < 1.29 is 14.3 Å². The van der Waals surface area contributed by atoms with Crippen LogP contribution in [0, 0.1) is 12.2 Å². The van der Waals surface area contributed by atoms with E-state index in [9.17, 15) is 4.79 Å². The molecule has 87 valence electrons. The summed E-state index contributed by atoms with van der Waals surface area (Å²) in [4.78, 5) is 13.5. The lowest BCUT2D eigenvalue weighted by Crippen LogP contribution is -2.11. The Labute approximate surface area is 91.7 Å². The van der Waals surface area contributed by atoms with Gasteiger partial charge in [0.05, 0.1) is 6.54 Å². The molecule has 0 aliphatic heterocycles. The van der Waals surface area contributed by atoms with Crippen LogP contribution in [-0.4, -0.2) is 25.8 Å². The summed E-state index contributed by atoms with van der Waals surface area (Å²) in [5.41, 5.74) is 0. The maximum absolute atomic E-state index is 9.91. The van der Waals surface area contributed by atoms with Crippen LogP contribution in [0.1, 0.15) is 33.6 Å². The highest BCUT2D eigenvalue weighted by atomic mass is 16.7. The molecule has 4 heteroatoms. The van der Waals surface area contributed by atoms with Gasteiger partial charge in [0.1, 0.15) is 0 Å². The van der Waals surface area contributed by atoms with Crippen LogP contribution in [-0.2, 0) is 14.3 Å². The number of ether oxygens (including phenoxy) is 2. The Hall–Kier alpha value is -0.700. The van der Waals surface area contributed by atoms with Gasteiger partial charge < -0.3 is 9.47 Å². The van der Waals surface area contributed by atoms with E-state index in [0.717, 1.165) is 12.8 Å². The predicted molar refractivity (Wildman–Crippen MR) is 57.9 cm³/mol. The average Bonchev–Trinajstić information content (AvgIpc) is 2.23. The maximum atomic E-state index is 9.91. The van der Waals surface area contributed by atoms with Gasteiger partial charge in [0.2, 0.25) is 12.4 Å². The number of carbonyl (C=O) groups excluding carboxylic acids is 1. The van der Waals surface area contributed by atoms with Crippen LogP contribution in [0.2, 0.25) is 0 Å². The van der Waals surface area contributed by atoms with Crippen LogP contribution >= 0.6 is 0 Å². The molecule has 0 spiro atoms. The fraction of sp³-hybridized carbons (Fsp3) is 0.818. The summed E-state index contributed by atoms with van der Waals surface area (Å²) < 4.78 is 10.6. The summed E-state index contributed by atoms with van der Waals surface area (Å²) >= 11 is 0. The molecule has 1 unspecified atom stereocenters. The average molecular weight is 214 g/mol. The second-order valence-electron chi connectivity index (χ2n) is 3.31. The van der Waals surface area contributed by atoms with Crippen molar-refractivity contribution in [2.24, 2.45) is 10.9 Å². The van der Waals surface area contributed by atoms with Crippen molar-refractivity contribution in [1.82, 2.24) is 0 Å². The first-order valence-corrected chi connectivity index (χ1v) is 5.39. The van der Waals surface area contributed by atoms with Crippen molar-refractivity contribution >= 4 is 6.08 Å². The monoisotopic (exact) mass is 214 g/mol. The molecule has 0 heterocycles. The van der Waals surface area contributed by atoms with Gasteiger partial charge in [0.15, 0.2) is 0 Å². The molecule has 0 rings (SSSR count). The molecule has 0 bridgehead atoms. The third kappa shape index (κ3) is 8.30. The summed E-state index contributed by atoms with van der Waals surface area (Å²) in [6.07, 6.45) is 3.89. The predicted octanol–water partition coefficient (Wildman–Crippen LogP) is 2.30. The zero-order chi connectivity index (χ0) is 11.5. The topological polar surface area (TPSA) is 47.9 Å². The van der Waals surface area contributed by atoms with Crippen molar-refractivity contribution in [2.75, 3.05) is 19.8 Å². The first-order chi connectivity index (χ1) is 7.24. The van der Waals surface area contributed by atoms with Gasteiger partial charge in [-0.25, -0.2) is 9.79 Å². The smallest absolute Gasteiger partial charge is 0.234 e. The van der Waals surface area contributed by atoms with Gasteiger partial charge in [0.25, 0.3) is 0 Å². The number of nitrogens with zero attached hydrogens (tertiary/aromatic N) is 1. The van der Waals surface area contributed by atoms with Crippen molar-refractivity contribution in [2.45, 2.75) is 33.6 Å². The zero-order valence-electron chi connectivity index (χ0n) is 9.78. The van der Waals surface area contributed by atoms with Gasteiger partial charge in [-0.3, -0.25) is 0 Å². The standard InChI is InChI=1S/C11H20NO3/c1-4-14-11(15-5-2)7-6-10(3)8-12-9-13/h10H,4-8H2,1-3H3. The summed E-state index contributed by atoms with van der Waals surface area (Å²) in [6.45, 7) is 7.66.